The third-order valence-corrected chi connectivity index (χ3v) is 3.33. The lowest BCUT2D eigenvalue weighted by atomic mass is 9.85. The number of hydrogen-bond donors (Lipinski definition) is 2. The number of nitrogens with zero attached hydrogens (tertiary/aromatic N) is 1. The van der Waals surface area contributed by atoms with Gasteiger partial charge in [0.15, 0.2) is 0 Å². The van der Waals surface area contributed by atoms with Crippen LogP contribution in [0.5, 0.6) is 0 Å². The Morgan fingerprint density at radius 3 is 2.53 bits per heavy atom. The Kier molecular flexibility index (Phi) is 3.71. The maximum absolute atomic E-state index is 12.4. The van der Waals surface area contributed by atoms with Crippen molar-refractivity contribution >= 4 is 0 Å². The molecule has 1 aromatic rings. The van der Waals surface area contributed by atoms with Gasteiger partial charge in [-0.15, -0.1) is 0 Å². The van der Waals surface area contributed by atoms with Crippen LogP contribution < -0.4 is 5.32 Å². The molecule has 1 saturated carbocycles. The molecular weight excluding hydrogens is 231 g/mol. The zero-order valence-electron chi connectivity index (χ0n) is 9.43. The number of aromatic amines is 1. The third kappa shape index (κ3) is 3.46. The Hall–Kier alpha value is -1.04. The molecule has 1 aliphatic carbocycles. The highest BCUT2D eigenvalue weighted by molar-refractivity contribution is 4.97. The number of halogens is 3. The summed E-state index contributed by atoms with van der Waals surface area (Å²) in [4.78, 5) is 0. The van der Waals surface area contributed by atoms with Crippen molar-refractivity contribution < 1.29 is 13.2 Å². The summed E-state index contributed by atoms with van der Waals surface area (Å²) in [5.41, 5.74) is 0.961. The molecule has 3 nitrogen and oxygen atoms in total. The maximum atomic E-state index is 12.4. The molecule has 1 aliphatic rings. The molecule has 96 valence electrons. The van der Waals surface area contributed by atoms with Gasteiger partial charge in [0.05, 0.1) is 5.92 Å². The fraction of sp³-hybridized carbons (Fsp3) is 0.727. The summed E-state index contributed by atoms with van der Waals surface area (Å²) in [6.45, 7) is 0.640. The fourth-order valence-electron chi connectivity index (χ4n) is 2.26. The number of aromatic nitrogens is 2. The number of hydrogen-bond acceptors (Lipinski definition) is 2. The normalized spacial score (nSPS) is 26.1. The molecule has 0 aliphatic heterocycles. The minimum absolute atomic E-state index is 0.192. The average Bonchev–Trinajstić information content (AvgIpc) is 2.78. The van der Waals surface area contributed by atoms with Crippen LogP contribution in [-0.4, -0.2) is 22.4 Å². The van der Waals surface area contributed by atoms with Crippen LogP contribution in [0.1, 0.15) is 31.4 Å². The third-order valence-electron chi connectivity index (χ3n) is 3.33. The van der Waals surface area contributed by atoms with E-state index in [-0.39, 0.29) is 18.9 Å². The van der Waals surface area contributed by atoms with E-state index in [9.17, 15) is 13.2 Å². The molecule has 0 radical (unpaired) electrons. The zero-order chi connectivity index (χ0) is 12.3. The Morgan fingerprint density at radius 2 is 2.00 bits per heavy atom. The van der Waals surface area contributed by atoms with Gasteiger partial charge in [0.1, 0.15) is 0 Å². The maximum Gasteiger partial charge on any atom is 0.391 e. The lowest BCUT2D eigenvalue weighted by Gasteiger charge is -2.30. The Labute approximate surface area is 97.8 Å². The second-order valence-corrected chi connectivity index (χ2v) is 4.55. The molecule has 1 heterocycles. The summed E-state index contributed by atoms with van der Waals surface area (Å²) in [7, 11) is 0. The lowest BCUT2D eigenvalue weighted by Crippen LogP contribution is -2.36. The standard InChI is InChI=1S/C11H16F3N3/c12-11(13,14)8-1-3-9(4-2-8)15-7-10-5-6-16-17-10/h5-6,8-9,15H,1-4,7H2,(H,16,17). The van der Waals surface area contributed by atoms with Gasteiger partial charge in [-0.2, -0.15) is 18.3 Å². The molecule has 6 heteroatoms. The van der Waals surface area contributed by atoms with Crippen molar-refractivity contribution in [1.82, 2.24) is 15.5 Å². The molecule has 2 rings (SSSR count). The molecular formula is C11H16F3N3. The van der Waals surface area contributed by atoms with E-state index >= 15 is 0 Å². The van der Waals surface area contributed by atoms with Crippen molar-refractivity contribution in [2.75, 3.05) is 0 Å². The summed E-state index contributed by atoms with van der Waals surface area (Å²) >= 11 is 0. The summed E-state index contributed by atoms with van der Waals surface area (Å²) in [5, 5.41) is 9.89. The Morgan fingerprint density at radius 1 is 1.29 bits per heavy atom. The van der Waals surface area contributed by atoms with Crippen molar-refractivity contribution in [2.24, 2.45) is 5.92 Å². The highest BCUT2D eigenvalue weighted by atomic mass is 19.4. The largest absolute Gasteiger partial charge is 0.391 e. The fourth-order valence-corrected chi connectivity index (χ4v) is 2.26. The summed E-state index contributed by atoms with van der Waals surface area (Å²) in [5.74, 6) is -1.10. The first kappa shape index (κ1) is 12.4. The van der Waals surface area contributed by atoms with Crippen LogP contribution in [-0.2, 0) is 6.54 Å². The van der Waals surface area contributed by atoms with Gasteiger partial charge in [0, 0.05) is 24.5 Å². The highest BCUT2D eigenvalue weighted by Crippen LogP contribution is 2.37. The Balaban J connectivity index is 1.72. The molecule has 0 bridgehead atoms. The molecule has 0 amide bonds. The van der Waals surface area contributed by atoms with Crippen molar-refractivity contribution in [3.63, 3.8) is 0 Å². The van der Waals surface area contributed by atoms with Gasteiger partial charge in [-0.05, 0) is 31.7 Å². The van der Waals surface area contributed by atoms with Gasteiger partial charge in [0.2, 0.25) is 0 Å². The van der Waals surface area contributed by atoms with E-state index in [1.165, 1.54) is 0 Å². The van der Waals surface area contributed by atoms with Gasteiger partial charge in [-0.25, -0.2) is 0 Å². The van der Waals surface area contributed by atoms with Crippen LogP contribution >= 0.6 is 0 Å². The van der Waals surface area contributed by atoms with Crippen molar-refractivity contribution in [2.45, 2.75) is 44.4 Å². The summed E-state index contributed by atoms with van der Waals surface area (Å²) in [6.07, 6.45) is -0.684. The topological polar surface area (TPSA) is 40.7 Å². The molecule has 2 N–H and O–H groups in total. The van der Waals surface area contributed by atoms with E-state index < -0.39 is 12.1 Å². The molecule has 0 spiro atoms. The highest BCUT2D eigenvalue weighted by Gasteiger charge is 2.41. The second kappa shape index (κ2) is 5.08. The van der Waals surface area contributed by atoms with Gasteiger partial charge in [0.25, 0.3) is 0 Å². The second-order valence-electron chi connectivity index (χ2n) is 4.55. The summed E-state index contributed by atoms with van der Waals surface area (Å²) < 4.78 is 37.3. The van der Waals surface area contributed by atoms with Gasteiger partial charge >= 0.3 is 6.18 Å². The van der Waals surface area contributed by atoms with E-state index in [0.717, 1.165) is 5.69 Å². The van der Waals surface area contributed by atoms with E-state index in [4.69, 9.17) is 0 Å². The average molecular weight is 247 g/mol. The number of H-pyrrole nitrogens is 1. The summed E-state index contributed by atoms with van der Waals surface area (Å²) in [6, 6.07) is 2.05. The van der Waals surface area contributed by atoms with Crippen LogP contribution in [0.2, 0.25) is 0 Å². The minimum atomic E-state index is -4.02. The first-order valence-corrected chi connectivity index (χ1v) is 5.84. The molecule has 1 aromatic heterocycles. The van der Waals surface area contributed by atoms with Crippen molar-refractivity contribution in [3.05, 3.63) is 18.0 Å². The van der Waals surface area contributed by atoms with Gasteiger partial charge in [-0.3, -0.25) is 5.10 Å². The molecule has 1 fully saturated rings. The van der Waals surface area contributed by atoms with Gasteiger partial charge in [-0.1, -0.05) is 0 Å². The lowest BCUT2D eigenvalue weighted by molar-refractivity contribution is -0.182. The van der Waals surface area contributed by atoms with E-state index in [1.54, 1.807) is 6.20 Å². The number of nitrogens with one attached hydrogen (secondary N) is 2. The zero-order valence-corrected chi connectivity index (χ0v) is 9.43. The first-order valence-electron chi connectivity index (χ1n) is 5.84. The van der Waals surface area contributed by atoms with E-state index in [0.29, 0.717) is 19.4 Å². The predicted molar refractivity (Wildman–Crippen MR) is 57.2 cm³/mol. The molecule has 0 unspecified atom stereocenters. The molecule has 0 aromatic carbocycles. The SMILES string of the molecule is FC(F)(F)C1CCC(NCc2ccn[nH]2)CC1. The smallest absolute Gasteiger partial charge is 0.308 e. The predicted octanol–water partition coefficient (Wildman–Crippen LogP) is 2.62. The van der Waals surface area contributed by atoms with Crippen LogP contribution in [0, 0.1) is 5.92 Å². The van der Waals surface area contributed by atoms with E-state index in [2.05, 4.69) is 15.5 Å². The number of rotatable bonds is 3. The van der Waals surface area contributed by atoms with Crippen LogP contribution in [0.3, 0.4) is 0 Å². The molecule has 0 atom stereocenters. The Bertz CT molecular complexity index is 326. The quantitative estimate of drug-likeness (QED) is 0.862. The van der Waals surface area contributed by atoms with Crippen LogP contribution in [0.4, 0.5) is 13.2 Å². The van der Waals surface area contributed by atoms with Crippen LogP contribution in [0.25, 0.3) is 0 Å². The van der Waals surface area contributed by atoms with Crippen molar-refractivity contribution in [3.8, 4) is 0 Å². The molecule has 17 heavy (non-hydrogen) atoms. The minimum Gasteiger partial charge on any atom is -0.308 e. The van der Waals surface area contributed by atoms with Gasteiger partial charge < -0.3 is 5.32 Å². The molecule has 0 saturated heterocycles. The van der Waals surface area contributed by atoms with E-state index in [1.807, 2.05) is 6.07 Å². The first-order chi connectivity index (χ1) is 8.05. The number of alkyl halides is 3. The van der Waals surface area contributed by atoms with Crippen LogP contribution in [0.15, 0.2) is 12.3 Å². The monoisotopic (exact) mass is 247 g/mol. The van der Waals surface area contributed by atoms with Crippen molar-refractivity contribution in [1.29, 1.82) is 0 Å².